The van der Waals surface area contributed by atoms with E-state index in [0.29, 0.717) is 5.56 Å². The number of nitrogens with one attached hydrogen (secondary N) is 1. The Morgan fingerprint density at radius 1 is 1.21 bits per heavy atom. The summed E-state index contributed by atoms with van der Waals surface area (Å²) in [5.41, 5.74) is 7.98. The molecule has 0 saturated carbocycles. The molecule has 1 amide bonds. The van der Waals surface area contributed by atoms with E-state index in [1.807, 2.05) is 24.3 Å². The average molecular weight is 471 g/mol. The van der Waals surface area contributed by atoms with Gasteiger partial charge in [0.1, 0.15) is 5.58 Å². The van der Waals surface area contributed by atoms with Crippen molar-refractivity contribution in [1.82, 2.24) is 10.3 Å². The summed E-state index contributed by atoms with van der Waals surface area (Å²) >= 11 is 0. The van der Waals surface area contributed by atoms with Crippen LogP contribution in [0.4, 0.5) is 8.78 Å². The number of nitrogens with zero attached hydrogens (tertiary/aromatic N) is 1. The highest BCUT2D eigenvalue weighted by Crippen LogP contribution is 2.35. The van der Waals surface area contributed by atoms with Crippen LogP contribution in [0.15, 0.2) is 57.6 Å². The number of carbonyl (C=O) groups excluding carboxylic acids is 1. The van der Waals surface area contributed by atoms with Crippen molar-refractivity contribution in [3.8, 4) is 23.0 Å². The van der Waals surface area contributed by atoms with Crippen molar-refractivity contribution in [2.75, 3.05) is 6.61 Å². The third-order valence-corrected chi connectivity index (χ3v) is 4.99. The Labute approximate surface area is 193 Å². The topological polar surface area (TPSA) is 113 Å². The molecule has 4 rings (SSSR count). The lowest BCUT2D eigenvalue weighted by Crippen LogP contribution is -2.25. The quantitative estimate of drug-likeness (QED) is 0.352. The fourth-order valence-electron chi connectivity index (χ4n) is 3.46. The second-order valence-electron chi connectivity index (χ2n) is 7.43. The number of benzene rings is 2. The monoisotopic (exact) mass is 471 g/mol. The van der Waals surface area contributed by atoms with Crippen molar-refractivity contribution in [2.45, 2.75) is 33.0 Å². The summed E-state index contributed by atoms with van der Waals surface area (Å²) in [6, 6.07) is 11.1. The average Bonchev–Trinajstić information content (AvgIpc) is 3.43. The van der Waals surface area contributed by atoms with Gasteiger partial charge in [-0.2, -0.15) is 8.78 Å². The van der Waals surface area contributed by atoms with Crippen molar-refractivity contribution >= 4 is 16.9 Å². The fraction of sp³-hybridized carbons (Fsp3) is 0.250. The van der Waals surface area contributed by atoms with E-state index >= 15 is 0 Å². The number of rotatable bonds is 9. The molecule has 2 heterocycles. The molecule has 178 valence electrons. The Hall–Kier alpha value is -3.92. The minimum absolute atomic E-state index is 0.0312. The zero-order chi connectivity index (χ0) is 24.2. The van der Waals surface area contributed by atoms with Crippen LogP contribution in [0.2, 0.25) is 0 Å². The number of hydrogen-bond donors (Lipinski definition) is 2. The minimum Gasteiger partial charge on any atom is -0.490 e. The molecule has 0 bridgehead atoms. The summed E-state index contributed by atoms with van der Waals surface area (Å²) in [6.07, 6.45) is 1.59. The molecule has 2 aromatic heterocycles. The standard InChI is InChI=1S/C24H23F2N3O5/c1-3-31-19-10-14(8-9-18(19)33-24(25)26)23-29-20(21(34-23)13(2)27)22(30)28-11-15-12-32-17-7-5-4-6-16(15)17/h4-10,12-13,24H,3,11,27H2,1-2H3,(H,28,30). The third kappa shape index (κ3) is 4.86. The van der Waals surface area contributed by atoms with Gasteiger partial charge in [0.05, 0.1) is 18.9 Å². The van der Waals surface area contributed by atoms with Crippen molar-refractivity contribution in [1.29, 1.82) is 0 Å². The molecule has 34 heavy (non-hydrogen) atoms. The molecular weight excluding hydrogens is 448 g/mol. The van der Waals surface area contributed by atoms with Crippen LogP contribution in [0.25, 0.3) is 22.4 Å². The second-order valence-corrected chi connectivity index (χ2v) is 7.43. The van der Waals surface area contributed by atoms with Gasteiger partial charge >= 0.3 is 6.61 Å². The SMILES string of the molecule is CCOc1cc(-c2nc(C(=O)NCc3coc4ccccc34)c(C(C)N)o2)ccc1OC(F)F. The molecule has 0 fully saturated rings. The van der Waals surface area contributed by atoms with Crippen LogP contribution in [-0.4, -0.2) is 24.1 Å². The van der Waals surface area contributed by atoms with E-state index in [9.17, 15) is 13.6 Å². The number of para-hydroxylation sites is 1. The number of carbonyl (C=O) groups is 1. The zero-order valence-corrected chi connectivity index (χ0v) is 18.5. The van der Waals surface area contributed by atoms with Gasteiger partial charge in [0.15, 0.2) is 23.0 Å². The summed E-state index contributed by atoms with van der Waals surface area (Å²) in [4.78, 5) is 17.3. The maximum absolute atomic E-state index is 12.9. The van der Waals surface area contributed by atoms with Gasteiger partial charge in [-0.1, -0.05) is 18.2 Å². The Morgan fingerprint density at radius 2 is 2.00 bits per heavy atom. The van der Waals surface area contributed by atoms with E-state index < -0.39 is 18.6 Å². The van der Waals surface area contributed by atoms with Gasteiger partial charge in [0.25, 0.3) is 5.91 Å². The molecule has 3 N–H and O–H groups in total. The zero-order valence-electron chi connectivity index (χ0n) is 18.5. The van der Waals surface area contributed by atoms with Gasteiger partial charge in [-0.25, -0.2) is 4.98 Å². The summed E-state index contributed by atoms with van der Waals surface area (Å²) < 4.78 is 46.6. The lowest BCUT2D eigenvalue weighted by atomic mass is 10.1. The highest BCUT2D eigenvalue weighted by Gasteiger charge is 2.24. The van der Waals surface area contributed by atoms with Crippen LogP contribution >= 0.6 is 0 Å². The highest BCUT2D eigenvalue weighted by molar-refractivity contribution is 5.94. The van der Waals surface area contributed by atoms with Gasteiger partial charge < -0.3 is 29.4 Å². The van der Waals surface area contributed by atoms with E-state index in [-0.39, 0.29) is 42.0 Å². The van der Waals surface area contributed by atoms with Crippen LogP contribution in [0, 0.1) is 0 Å². The second kappa shape index (κ2) is 9.92. The molecule has 4 aromatic rings. The van der Waals surface area contributed by atoms with E-state index in [0.717, 1.165) is 16.5 Å². The van der Waals surface area contributed by atoms with Crippen LogP contribution in [0.1, 0.15) is 41.7 Å². The van der Waals surface area contributed by atoms with Gasteiger partial charge in [0.2, 0.25) is 5.89 Å². The smallest absolute Gasteiger partial charge is 0.387 e. The van der Waals surface area contributed by atoms with Gasteiger partial charge in [0, 0.05) is 23.1 Å². The highest BCUT2D eigenvalue weighted by atomic mass is 19.3. The number of hydrogen-bond acceptors (Lipinski definition) is 7. The van der Waals surface area contributed by atoms with Crippen molar-refractivity contribution < 1.29 is 31.9 Å². The molecule has 0 aliphatic heterocycles. The number of nitrogens with two attached hydrogens (primary N) is 1. The number of halogens is 2. The van der Waals surface area contributed by atoms with Crippen LogP contribution in [0.5, 0.6) is 11.5 Å². The molecule has 8 nitrogen and oxygen atoms in total. The lowest BCUT2D eigenvalue weighted by Gasteiger charge is -2.11. The van der Waals surface area contributed by atoms with Crippen LogP contribution in [0.3, 0.4) is 0 Å². The molecule has 1 atom stereocenters. The summed E-state index contributed by atoms with van der Waals surface area (Å²) in [5, 5.41) is 3.71. The predicted molar refractivity (Wildman–Crippen MR) is 120 cm³/mol. The van der Waals surface area contributed by atoms with Crippen molar-refractivity contribution in [3.05, 3.63) is 65.7 Å². The first kappa shape index (κ1) is 23.2. The minimum atomic E-state index is -3.00. The molecule has 0 spiro atoms. The van der Waals surface area contributed by atoms with Gasteiger partial charge in [-0.05, 0) is 38.1 Å². The van der Waals surface area contributed by atoms with E-state index in [4.69, 9.17) is 19.3 Å². The third-order valence-electron chi connectivity index (χ3n) is 4.99. The van der Waals surface area contributed by atoms with Gasteiger partial charge in [-0.3, -0.25) is 4.79 Å². The van der Waals surface area contributed by atoms with Crippen molar-refractivity contribution in [3.63, 3.8) is 0 Å². The Balaban J connectivity index is 1.60. The number of alkyl halides is 2. The summed E-state index contributed by atoms with van der Waals surface area (Å²) in [5.74, 6) is -0.218. The van der Waals surface area contributed by atoms with Crippen molar-refractivity contribution in [2.24, 2.45) is 5.73 Å². The largest absolute Gasteiger partial charge is 0.490 e. The first-order chi connectivity index (χ1) is 16.4. The normalized spacial score (nSPS) is 12.2. The first-order valence-electron chi connectivity index (χ1n) is 10.6. The molecule has 0 aliphatic carbocycles. The summed E-state index contributed by atoms with van der Waals surface area (Å²) in [6.45, 7) is 0.819. The summed E-state index contributed by atoms with van der Waals surface area (Å²) in [7, 11) is 0. The van der Waals surface area contributed by atoms with Crippen LogP contribution in [-0.2, 0) is 6.54 Å². The Morgan fingerprint density at radius 3 is 2.74 bits per heavy atom. The Kier molecular flexibility index (Phi) is 6.78. The lowest BCUT2D eigenvalue weighted by molar-refractivity contribution is -0.0514. The van der Waals surface area contributed by atoms with E-state index in [2.05, 4.69) is 15.0 Å². The van der Waals surface area contributed by atoms with Crippen LogP contribution < -0.4 is 20.5 Å². The Bertz CT molecular complexity index is 1300. The number of aromatic nitrogens is 1. The number of amides is 1. The molecule has 0 saturated heterocycles. The number of fused-ring (bicyclic) bond motifs is 1. The molecule has 2 aromatic carbocycles. The van der Waals surface area contributed by atoms with E-state index in [1.165, 1.54) is 18.2 Å². The maximum Gasteiger partial charge on any atom is 0.387 e. The molecule has 0 aliphatic rings. The number of oxazole rings is 1. The number of ether oxygens (including phenoxy) is 2. The molecular formula is C24H23F2N3O5. The molecule has 1 unspecified atom stereocenters. The fourth-order valence-corrected chi connectivity index (χ4v) is 3.46. The molecule has 10 heteroatoms. The molecule has 0 radical (unpaired) electrons. The first-order valence-corrected chi connectivity index (χ1v) is 10.6. The predicted octanol–water partition coefficient (Wildman–Crippen LogP) is 5.04. The maximum atomic E-state index is 12.9. The van der Waals surface area contributed by atoms with Gasteiger partial charge in [-0.15, -0.1) is 0 Å². The number of furan rings is 1. The van der Waals surface area contributed by atoms with E-state index in [1.54, 1.807) is 20.1 Å².